The van der Waals surface area contributed by atoms with Gasteiger partial charge >= 0.3 is 6.09 Å². The molecular weight excluding hydrogens is 458 g/mol. The number of carbonyl (C=O) groups excluding carboxylic acids is 3. The van der Waals surface area contributed by atoms with Crippen LogP contribution in [0.15, 0.2) is 48.5 Å². The van der Waals surface area contributed by atoms with Crippen LogP contribution in [-0.4, -0.2) is 59.5 Å². The maximum Gasteiger partial charge on any atom is 0.408 e. The van der Waals surface area contributed by atoms with Crippen molar-refractivity contribution in [3.63, 3.8) is 0 Å². The van der Waals surface area contributed by atoms with E-state index in [0.717, 1.165) is 0 Å². The van der Waals surface area contributed by atoms with E-state index < -0.39 is 35.6 Å². The Bertz CT molecular complexity index is 1010. The number of amides is 3. The molecule has 0 heterocycles. The molecule has 3 amide bonds. The normalized spacial score (nSPS) is 12.8. The Labute approximate surface area is 204 Å². The van der Waals surface area contributed by atoms with Crippen molar-refractivity contribution in [3.8, 4) is 11.5 Å². The Morgan fingerprint density at radius 3 is 2.29 bits per heavy atom. The van der Waals surface area contributed by atoms with Crippen LogP contribution >= 0.6 is 12.6 Å². The number of anilines is 1. The highest BCUT2D eigenvalue weighted by atomic mass is 32.1. The number of hydrogen-bond acceptors (Lipinski definition) is 7. The van der Waals surface area contributed by atoms with E-state index >= 15 is 0 Å². The molecule has 0 bridgehead atoms. The Hall–Kier alpha value is -3.40. The lowest BCUT2D eigenvalue weighted by Gasteiger charge is -2.31. The first-order valence-corrected chi connectivity index (χ1v) is 11.2. The van der Waals surface area contributed by atoms with E-state index in [1.807, 2.05) is 0 Å². The first-order chi connectivity index (χ1) is 15.9. The lowest BCUT2D eigenvalue weighted by molar-refractivity contribution is -0.138. The van der Waals surface area contributed by atoms with Gasteiger partial charge < -0.3 is 30.1 Å². The van der Waals surface area contributed by atoms with Gasteiger partial charge in [0.25, 0.3) is 5.91 Å². The molecule has 9 nitrogen and oxygen atoms in total. The molecular formula is C24H31N3O6S. The number of ether oxygens (including phenoxy) is 2. The highest BCUT2D eigenvalue weighted by molar-refractivity contribution is 7.80. The van der Waals surface area contributed by atoms with E-state index in [1.165, 1.54) is 31.2 Å². The Balaban J connectivity index is 2.30. The summed E-state index contributed by atoms with van der Waals surface area (Å²) in [5, 5.41) is 15.2. The molecule has 34 heavy (non-hydrogen) atoms. The maximum atomic E-state index is 13.3. The molecule has 0 saturated carbocycles. The second kappa shape index (κ2) is 11.6. The van der Waals surface area contributed by atoms with Gasteiger partial charge in [0.2, 0.25) is 5.91 Å². The number of nitrogens with zero attached hydrogens (tertiary/aromatic N) is 1. The highest BCUT2D eigenvalue weighted by Crippen LogP contribution is 2.26. The van der Waals surface area contributed by atoms with Crippen molar-refractivity contribution in [1.29, 1.82) is 0 Å². The number of thiol groups is 1. The van der Waals surface area contributed by atoms with Crippen LogP contribution in [0.25, 0.3) is 0 Å². The van der Waals surface area contributed by atoms with E-state index in [-0.39, 0.29) is 11.5 Å². The zero-order valence-corrected chi connectivity index (χ0v) is 20.8. The summed E-state index contributed by atoms with van der Waals surface area (Å²) in [4.78, 5) is 40.0. The molecule has 0 fully saturated rings. The number of benzene rings is 2. The van der Waals surface area contributed by atoms with Gasteiger partial charge in [-0.25, -0.2) is 4.79 Å². The maximum absolute atomic E-state index is 13.3. The topological polar surface area (TPSA) is 117 Å². The van der Waals surface area contributed by atoms with Gasteiger partial charge in [0, 0.05) is 18.5 Å². The number of alkyl carbamates (subject to hydrolysis) is 1. The van der Waals surface area contributed by atoms with Crippen molar-refractivity contribution in [1.82, 2.24) is 10.2 Å². The third-order valence-electron chi connectivity index (χ3n) is 4.70. The lowest BCUT2D eigenvalue weighted by Crippen LogP contribution is -2.52. The van der Waals surface area contributed by atoms with Gasteiger partial charge in [-0.05, 0) is 62.7 Å². The fraction of sp³-hybridized carbons (Fsp3) is 0.375. The number of carbonyl (C=O) groups is 3. The van der Waals surface area contributed by atoms with Crippen molar-refractivity contribution in [2.24, 2.45) is 0 Å². The predicted molar refractivity (Wildman–Crippen MR) is 132 cm³/mol. The average molecular weight is 490 g/mol. The Kier molecular flexibility index (Phi) is 9.19. The second-order valence-electron chi connectivity index (χ2n) is 8.55. The molecule has 0 aromatic heterocycles. The molecule has 2 aromatic carbocycles. The van der Waals surface area contributed by atoms with Crippen molar-refractivity contribution < 1.29 is 29.0 Å². The lowest BCUT2D eigenvalue weighted by atomic mass is 10.0. The van der Waals surface area contributed by atoms with E-state index in [2.05, 4.69) is 23.3 Å². The summed E-state index contributed by atoms with van der Waals surface area (Å²) in [7, 11) is 2.98. The molecule has 2 atom stereocenters. The minimum atomic E-state index is -1.11. The third kappa shape index (κ3) is 7.58. The third-order valence-corrected chi connectivity index (χ3v) is 5.06. The van der Waals surface area contributed by atoms with Crippen LogP contribution < -0.4 is 15.4 Å². The largest absolute Gasteiger partial charge is 0.508 e. The number of likely N-dealkylation sites (N-methyl/N-ethyl adjacent to an activating group) is 1. The highest BCUT2D eigenvalue weighted by Gasteiger charge is 2.33. The number of nitrogens with one attached hydrogen (secondary N) is 2. The minimum Gasteiger partial charge on any atom is -0.508 e. The van der Waals surface area contributed by atoms with E-state index in [0.29, 0.717) is 17.0 Å². The summed E-state index contributed by atoms with van der Waals surface area (Å²) in [5.41, 5.74) is 0.134. The van der Waals surface area contributed by atoms with E-state index in [4.69, 9.17) is 9.47 Å². The number of rotatable bonds is 8. The molecule has 0 spiro atoms. The van der Waals surface area contributed by atoms with Gasteiger partial charge in [0.1, 0.15) is 29.2 Å². The zero-order valence-electron chi connectivity index (χ0n) is 19.9. The average Bonchev–Trinajstić information content (AvgIpc) is 2.76. The summed E-state index contributed by atoms with van der Waals surface area (Å²) in [6.45, 7) is 5.12. The standard InChI is InChI=1S/C24H31N3O6S/c1-24(2,3)33-23(31)26-19(14-34)22(30)27(4)20(15-7-6-8-17(28)13-15)21(29)25-16-9-11-18(32-5)12-10-16/h6-13,19-20,28,34H,14H2,1-5H3,(H,25,29)(H,26,31). The molecule has 0 aliphatic heterocycles. The summed E-state index contributed by atoms with van der Waals surface area (Å²) in [5.74, 6) is -0.520. The van der Waals surface area contributed by atoms with Gasteiger partial charge in [-0.15, -0.1) is 0 Å². The minimum absolute atomic E-state index is 0.0186. The fourth-order valence-electron chi connectivity index (χ4n) is 3.14. The van der Waals surface area contributed by atoms with Gasteiger partial charge in [-0.3, -0.25) is 9.59 Å². The van der Waals surface area contributed by atoms with E-state index in [1.54, 1.807) is 57.2 Å². The number of phenolic OH excluding ortho intramolecular Hbond substituents is 1. The van der Waals surface area contributed by atoms with Crippen LogP contribution in [0.2, 0.25) is 0 Å². The number of aromatic hydroxyl groups is 1. The van der Waals surface area contributed by atoms with Crippen LogP contribution in [0.5, 0.6) is 11.5 Å². The summed E-state index contributed by atoms with van der Waals surface area (Å²) in [6, 6.07) is 10.6. The predicted octanol–water partition coefficient (Wildman–Crippen LogP) is 3.36. The monoisotopic (exact) mass is 489 g/mol. The van der Waals surface area contributed by atoms with Gasteiger partial charge in [0.05, 0.1) is 7.11 Å². The van der Waals surface area contributed by atoms with Crippen LogP contribution in [0.4, 0.5) is 10.5 Å². The molecule has 0 saturated heterocycles. The smallest absolute Gasteiger partial charge is 0.408 e. The molecule has 2 rings (SSSR count). The van der Waals surface area contributed by atoms with E-state index in [9.17, 15) is 19.5 Å². The zero-order chi connectivity index (χ0) is 25.5. The first-order valence-electron chi connectivity index (χ1n) is 10.6. The molecule has 2 unspecified atom stereocenters. The molecule has 10 heteroatoms. The van der Waals surface area contributed by atoms with Crippen LogP contribution in [0, 0.1) is 0 Å². The van der Waals surface area contributed by atoms with Crippen molar-refractivity contribution in [3.05, 3.63) is 54.1 Å². The number of methoxy groups -OCH3 is 1. The van der Waals surface area contributed by atoms with Crippen molar-refractivity contribution in [2.45, 2.75) is 38.5 Å². The quantitative estimate of drug-likeness (QED) is 0.423. The Morgan fingerprint density at radius 2 is 1.76 bits per heavy atom. The molecule has 3 N–H and O–H groups in total. The molecule has 0 radical (unpaired) electrons. The molecule has 0 aliphatic rings. The summed E-state index contributed by atoms with van der Waals surface area (Å²) < 4.78 is 10.4. The van der Waals surface area contributed by atoms with Gasteiger partial charge in [-0.1, -0.05) is 12.1 Å². The van der Waals surface area contributed by atoms with Crippen molar-refractivity contribution in [2.75, 3.05) is 25.2 Å². The SMILES string of the molecule is COc1ccc(NC(=O)C(c2cccc(O)c2)N(C)C(=O)C(CS)NC(=O)OC(C)(C)C)cc1. The number of phenols is 1. The second-order valence-corrected chi connectivity index (χ2v) is 8.91. The first kappa shape index (κ1) is 26.8. The van der Waals surface area contributed by atoms with Gasteiger partial charge in [0.15, 0.2) is 0 Å². The van der Waals surface area contributed by atoms with Crippen LogP contribution in [0.3, 0.4) is 0 Å². The fourth-order valence-corrected chi connectivity index (χ4v) is 3.39. The number of hydrogen-bond donors (Lipinski definition) is 4. The van der Waals surface area contributed by atoms with Crippen LogP contribution in [0.1, 0.15) is 32.4 Å². The molecule has 184 valence electrons. The molecule has 2 aromatic rings. The molecule has 0 aliphatic carbocycles. The Morgan fingerprint density at radius 1 is 1.12 bits per heavy atom. The summed E-state index contributed by atoms with van der Waals surface area (Å²) >= 11 is 4.19. The van der Waals surface area contributed by atoms with Crippen LogP contribution in [-0.2, 0) is 14.3 Å². The van der Waals surface area contributed by atoms with Crippen molar-refractivity contribution >= 4 is 36.2 Å². The summed E-state index contributed by atoms with van der Waals surface area (Å²) in [6.07, 6.45) is -0.773. The van der Waals surface area contributed by atoms with Gasteiger partial charge in [-0.2, -0.15) is 12.6 Å².